The number of aryl methyl sites for hydroxylation is 2. The molecule has 1 N–H and O–H groups in total. The summed E-state index contributed by atoms with van der Waals surface area (Å²) in [6.07, 6.45) is 1.76. The molecule has 0 aliphatic rings. The molecule has 106 valence electrons. The van der Waals surface area contributed by atoms with Gasteiger partial charge in [-0.25, -0.2) is 14.6 Å². The molecule has 1 aromatic carbocycles. The van der Waals surface area contributed by atoms with Crippen molar-refractivity contribution < 1.29 is 0 Å². The molecule has 0 aliphatic heterocycles. The van der Waals surface area contributed by atoms with E-state index in [0.29, 0.717) is 6.54 Å². The van der Waals surface area contributed by atoms with E-state index in [9.17, 15) is 0 Å². The summed E-state index contributed by atoms with van der Waals surface area (Å²) in [5.41, 5.74) is 2.91. The Morgan fingerprint density at radius 3 is 2.90 bits per heavy atom. The van der Waals surface area contributed by atoms with E-state index in [1.807, 2.05) is 44.3 Å². The Bertz CT molecular complexity index is 750. The third-order valence-electron chi connectivity index (χ3n) is 3.05. The van der Waals surface area contributed by atoms with E-state index >= 15 is 0 Å². The molecule has 2 heterocycles. The molecule has 0 aliphatic carbocycles. The summed E-state index contributed by atoms with van der Waals surface area (Å²) < 4.78 is 1.65. The van der Waals surface area contributed by atoms with Gasteiger partial charge in [0.1, 0.15) is 5.82 Å². The van der Waals surface area contributed by atoms with Crippen LogP contribution in [0.3, 0.4) is 0 Å². The van der Waals surface area contributed by atoms with Crippen molar-refractivity contribution in [3.8, 4) is 11.4 Å². The maximum absolute atomic E-state index is 4.36. The lowest BCUT2D eigenvalue weighted by molar-refractivity contribution is 0.714. The van der Waals surface area contributed by atoms with E-state index in [4.69, 9.17) is 0 Å². The monoisotopic (exact) mass is 281 g/mol. The highest BCUT2D eigenvalue weighted by Gasteiger charge is 2.06. The molecule has 0 fully saturated rings. The van der Waals surface area contributed by atoms with Gasteiger partial charge < -0.3 is 5.32 Å². The average Bonchev–Trinajstić information content (AvgIpc) is 2.92. The van der Waals surface area contributed by atoms with Gasteiger partial charge in [-0.1, -0.05) is 12.1 Å². The zero-order valence-corrected chi connectivity index (χ0v) is 11.9. The summed E-state index contributed by atoms with van der Waals surface area (Å²) >= 11 is 0. The third-order valence-corrected chi connectivity index (χ3v) is 3.05. The van der Waals surface area contributed by atoms with E-state index in [0.717, 1.165) is 28.6 Å². The first-order valence-corrected chi connectivity index (χ1v) is 6.57. The van der Waals surface area contributed by atoms with Crippen LogP contribution in [0.15, 0.2) is 36.5 Å². The molecule has 7 nitrogen and oxygen atoms in total. The lowest BCUT2D eigenvalue weighted by Gasteiger charge is -2.08. The molecule has 0 saturated carbocycles. The van der Waals surface area contributed by atoms with Crippen LogP contribution in [0, 0.1) is 6.92 Å². The van der Waals surface area contributed by atoms with E-state index in [-0.39, 0.29) is 0 Å². The number of hydrogen-bond acceptors (Lipinski definition) is 6. The number of aromatic nitrogens is 6. The fraction of sp³-hybridized carbons (Fsp3) is 0.214. The SMILES string of the molecule is Cc1nccc(CNc2cccc(-c3nnnn3C)c2)n1. The predicted molar refractivity (Wildman–Crippen MR) is 78.3 cm³/mol. The van der Waals surface area contributed by atoms with E-state index in [1.165, 1.54) is 0 Å². The van der Waals surface area contributed by atoms with E-state index in [2.05, 4.69) is 30.8 Å². The van der Waals surface area contributed by atoms with Gasteiger partial charge in [0.05, 0.1) is 12.2 Å². The molecule has 0 atom stereocenters. The number of rotatable bonds is 4. The number of benzene rings is 1. The minimum atomic E-state index is 0.643. The summed E-state index contributed by atoms with van der Waals surface area (Å²) in [5.74, 6) is 1.50. The van der Waals surface area contributed by atoms with Gasteiger partial charge in [-0.3, -0.25) is 0 Å². The third kappa shape index (κ3) is 3.02. The van der Waals surface area contributed by atoms with Crippen molar-refractivity contribution >= 4 is 5.69 Å². The first-order valence-electron chi connectivity index (χ1n) is 6.57. The topological polar surface area (TPSA) is 81.4 Å². The average molecular weight is 281 g/mol. The molecule has 0 amide bonds. The van der Waals surface area contributed by atoms with Crippen molar-refractivity contribution in [2.75, 3.05) is 5.32 Å². The van der Waals surface area contributed by atoms with Crippen molar-refractivity contribution in [1.82, 2.24) is 30.2 Å². The molecule has 7 heteroatoms. The van der Waals surface area contributed by atoms with Crippen LogP contribution in [-0.4, -0.2) is 30.2 Å². The highest BCUT2D eigenvalue weighted by molar-refractivity contribution is 5.62. The van der Waals surface area contributed by atoms with Crippen LogP contribution in [0.1, 0.15) is 11.5 Å². The Hall–Kier alpha value is -2.83. The summed E-state index contributed by atoms with van der Waals surface area (Å²) in [5, 5.41) is 14.9. The van der Waals surface area contributed by atoms with Gasteiger partial charge in [-0.2, -0.15) is 0 Å². The van der Waals surface area contributed by atoms with Crippen LogP contribution < -0.4 is 5.32 Å². The molecule has 0 unspecified atom stereocenters. The van der Waals surface area contributed by atoms with Crippen LogP contribution >= 0.6 is 0 Å². The van der Waals surface area contributed by atoms with Crippen molar-refractivity contribution in [2.24, 2.45) is 7.05 Å². The second kappa shape index (κ2) is 5.66. The van der Waals surface area contributed by atoms with Gasteiger partial charge in [-0.05, 0) is 35.5 Å². The maximum atomic E-state index is 4.36. The van der Waals surface area contributed by atoms with Crippen LogP contribution in [0.2, 0.25) is 0 Å². The van der Waals surface area contributed by atoms with Crippen molar-refractivity contribution in [1.29, 1.82) is 0 Å². The molecule has 0 spiro atoms. The van der Waals surface area contributed by atoms with Gasteiger partial charge in [0.25, 0.3) is 0 Å². The Labute approximate surface area is 122 Å². The maximum Gasteiger partial charge on any atom is 0.181 e. The summed E-state index contributed by atoms with van der Waals surface area (Å²) in [4.78, 5) is 8.45. The smallest absolute Gasteiger partial charge is 0.181 e. The summed E-state index contributed by atoms with van der Waals surface area (Å²) in [6.45, 7) is 2.52. The highest BCUT2D eigenvalue weighted by Crippen LogP contribution is 2.19. The number of tetrazole rings is 1. The highest BCUT2D eigenvalue weighted by atomic mass is 15.5. The first kappa shape index (κ1) is 13.2. The first-order chi connectivity index (χ1) is 10.2. The second-order valence-corrected chi connectivity index (χ2v) is 4.66. The number of anilines is 1. The quantitative estimate of drug-likeness (QED) is 0.782. The molecular formula is C14H15N7. The Kier molecular flexibility index (Phi) is 3.55. The molecule has 21 heavy (non-hydrogen) atoms. The normalized spacial score (nSPS) is 10.6. The summed E-state index contributed by atoms with van der Waals surface area (Å²) in [6, 6.07) is 9.86. The molecule has 3 rings (SSSR count). The minimum Gasteiger partial charge on any atom is -0.379 e. The summed E-state index contributed by atoms with van der Waals surface area (Å²) in [7, 11) is 1.82. The van der Waals surface area contributed by atoms with Gasteiger partial charge in [0.15, 0.2) is 5.82 Å². The van der Waals surface area contributed by atoms with Crippen LogP contribution in [-0.2, 0) is 13.6 Å². The van der Waals surface area contributed by atoms with Gasteiger partial charge >= 0.3 is 0 Å². The minimum absolute atomic E-state index is 0.643. The zero-order chi connectivity index (χ0) is 14.7. The fourth-order valence-electron chi connectivity index (χ4n) is 2.04. The van der Waals surface area contributed by atoms with Gasteiger partial charge in [0.2, 0.25) is 0 Å². The molecule has 0 bridgehead atoms. The fourth-order valence-corrected chi connectivity index (χ4v) is 2.04. The van der Waals surface area contributed by atoms with Crippen molar-refractivity contribution in [2.45, 2.75) is 13.5 Å². The lowest BCUT2D eigenvalue weighted by Crippen LogP contribution is -2.03. The van der Waals surface area contributed by atoms with Crippen molar-refractivity contribution in [3.63, 3.8) is 0 Å². The number of nitrogens with one attached hydrogen (secondary N) is 1. The van der Waals surface area contributed by atoms with Crippen LogP contribution in [0.4, 0.5) is 5.69 Å². The molecular weight excluding hydrogens is 266 g/mol. The standard InChI is InChI=1S/C14H15N7/c1-10-15-7-6-13(17-10)9-16-12-5-3-4-11(8-12)14-18-19-20-21(14)2/h3-8,16H,9H2,1-2H3. The molecule has 2 aromatic heterocycles. The van der Waals surface area contributed by atoms with Crippen LogP contribution in [0.5, 0.6) is 0 Å². The molecule has 0 saturated heterocycles. The Morgan fingerprint density at radius 1 is 1.24 bits per heavy atom. The van der Waals surface area contributed by atoms with Gasteiger partial charge in [0, 0.05) is 24.5 Å². The van der Waals surface area contributed by atoms with E-state index < -0.39 is 0 Å². The predicted octanol–water partition coefficient (Wildman–Crippen LogP) is 1.59. The number of nitrogens with zero attached hydrogens (tertiary/aromatic N) is 6. The Balaban J connectivity index is 1.76. The molecule has 3 aromatic rings. The Morgan fingerprint density at radius 2 is 2.14 bits per heavy atom. The molecule has 0 radical (unpaired) electrons. The van der Waals surface area contributed by atoms with Gasteiger partial charge in [-0.15, -0.1) is 5.10 Å². The van der Waals surface area contributed by atoms with Crippen LogP contribution in [0.25, 0.3) is 11.4 Å². The number of hydrogen-bond donors (Lipinski definition) is 1. The second-order valence-electron chi connectivity index (χ2n) is 4.66. The van der Waals surface area contributed by atoms with E-state index in [1.54, 1.807) is 10.9 Å². The lowest BCUT2D eigenvalue weighted by atomic mass is 10.2. The largest absolute Gasteiger partial charge is 0.379 e. The zero-order valence-electron chi connectivity index (χ0n) is 11.9. The van der Waals surface area contributed by atoms with Crippen molar-refractivity contribution in [3.05, 3.63) is 48.0 Å².